The van der Waals surface area contributed by atoms with Crippen LogP contribution in [-0.4, -0.2) is 41.3 Å². The second-order valence-electron chi connectivity index (χ2n) is 8.77. The molecule has 0 saturated heterocycles. The average molecular weight is 394 g/mol. The van der Waals surface area contributed by atoms with E-state index in [2.05, 4.69) is 31.0 Å². The Labute approximate surface area is 175 Å². The number of unbranched alkanes of at least 4 members (excludes halogenated alkanes) is 12. The van der Waals surface area contributed by atoms with Gasteiger partial charge in [0.2, 0.25) is 0 Å². The van der Waals surface area contributed by atoms with Crippen molar-refractivity contribution < 1.29 is 9.59 Å². The molecule has 0 aliphatic carbocycles. The van der Waals surface area contributed by atoms with Crippen LogP contribution in [0.15, 0.2) is 17.1 Å². The molecule has 3 nitrogen and oxygen atoms in total. The second-order valence-corrected chi connectivity index (χ2v) is 8.77. The summed E-state index contributed by atoms with van der Waals surface area (Å²) < 4.78 is 0.744. The molecule has 1 N–H and O–H groups in total. The minimum atomic E-state index is -0.311. The van der Waals surface area contributed by atoms with E-state index in [1.165, 1.54) is 89.9 Å². The number of hydrogen-bond acceptors (Lipinski definition) is 2. The molecule has 0 fully saturated rings. The average Bonchev–Trinajstić information content (AvgIpc) is 3.12. The van der Waals surface area contributed by atoms with Crippen molar-refractivity contribution in [1.29, 1.82) is 0 Å². The van der Waals surface area contributed by atoms with E-state index in [1.54, 1.807) is 0 Å². The molecule has 3 atom stereocenters. The maximum absolute atomic E-state index is 10.2. The number of hydrogen-bond donors (Lipinski definition) is 1. The van der Waals surface area contributed by atoms with Crippen molar-refractivity contribution in [3.05, 3.63) is 12.2 Å². The molecule has 3 unspecified atom stereocenters. The summed E-state index contributed by atoms with van der Waals surface area (Å²) in [5.41, 5.74) is 0. The van der Waals surface area contributed by atoms with E-state index in [9.17, 15) is 5.11 Å². The fourth-order valence-corrected chi connectivity index (χ4v) is 4.49. The zero-order valence-corrected chi connectivity index (χ0v) is 19.2. The molecule has 1 aliphatic rings. The highest BCUT2D eigenvalue weighted by atomic mass is 16.3. The number of quaternary nitrogens is 1. The van der Waals surface area contributed by atoms with Crippen LogP contribution in [0.5, 0.6) is 0 Å². The van der Waals surface area contributed by atoms with Crippen molar-refractivity contribution in [2.24, 2.45) is 4.99 Å². The van der Waals surface area contributed by atoms with Crippen molar-refractivity contribution in [2.75, 3.05) is 13.1 Å². The molecule has 0 bridgehead atoms. The lowest BCUT2D eigenvalue weighted by atomic mass is 10.0. The first-order chi connectivity index (χ1) is 13.7. The Morgan fingerprint density at radius 1 is 0.893 bits per heavy atom. The van der Waals surface area contributed by atoms with Gasteiger partial charge in [0.25, 0.3) is 0 Å². The normalized spacial score (nSPS) is 23.1. The minimum absolute atomic E-state index is 0.283. The van der Waals surface area contributed by atoms with Crippen LogP contribution in [0.4, 0.5) is 0 Å². The molecule has 1 heterocycles. The Kier molecular flexibility index (Phi) is 14.6. The van der Waals surface area contributed by atoms with Gasteiger partial charge in [0, 0.05) is 13.3 Å². The van der Waals surface area contributed by atoms with Crippen molar-refractivity contribution in [3.63, 3.8) is 0 Å². The summed E-state index contributed by atoms with van der Waals surface area (Å²) in [6.45, 7) is 8.24. The van der Waals surface area contributed by atoms with Crippen LogP contribution < -0.4 is 0 Å². The van der Waals surface area contributed by atoms with E-state index in [4.69, 9.17) is 0 Å². The molecule has 1 aliphatic heterocycles. The van der Waals surface area contributed by atoms with Crippen LogP contribution in [0.2, 0.25) is 0 Å². The lowest BCUT2D eigenvalue weighted by Crippen LogP contribution is -2.57. The first kappa shape index (κ1) is 25.4. The molecule has 0 saturated carbocycles. The van der Waals surface area contributed by atoms with Crippen molar-refractivity contribution in [3.8, 4) is 0 Å². The number of aliphatic hydroxyl groups excluding tert-OH is 1. The molecule has 1 rings (SSSR count). The fraction of sp³-hybridized carbons (Fsp3) is 0.880. The number of nitrogens with zero attached hydrogens (tertiary/aromatic N) is 2. The minimum Gasteiger partial charge on any atom is -0.345 e. The Hall–Kier alpha value is -0.670. The van der Waals surface area contributed by atoms with Crippen molar-refractivity contribution in [2.45, 2.75) is 129 Å². The van der Waals surface area contributed by atoms with Crippen molar-refractivity contribution >= 4 is 6.21 Å². The van der Waals surface area contributed by atoms with E-state index in [-0.39, 0.29) is 12.4 Å². The molecule has 0 aromatic carbocycles. The fourth-order valence-electron chi connectivity index (χ4n) is 4.49. The van der Waals surface area contributed by atoms with Gasteiger partial charge in [0.15, 0.2) is 12.4 Å². The van der Waals surface area contributed by atoms with E-state index in [0.717, 1.165) is 24.0 Å². The molecule has 0 spiro atoms. The van der Waals surface area contributed by atoms with Gasteiger partial charge >= 0.3 is 0 Å². The molecule has 0 aromatic heterocycles. The van der Waals surface area contributed by atoms with Gasteiger partial charge < -0.3 is 5.11 Å². The van der Waals surface area contributed by atoms with E-state index < -0.39 is 0 Å². The molecule has 0 amide bonds. The zero-order chi connectivity index (χ0) is 20.5. The van der Waals surface area contributed by atoms with Gasteiger partial charge in [0.05, 0.1) is 12.8 Å². The summed E-state index contributed by atoms with van der Waals surface area (Å²) in [6.07, 6.45) is 26.8. The number of aliphatic imine (C=N–C) groups is 1. The van der Waals surface area contributed by atoms with Crippen molar-refractivity contribution in [1.82, 2.24) is 0 Å². The van der Waals surface area contributed by atoms with Crippen LogP contribution >= 0.6 is 0 Å². The Morgan fingerprint density at radius 3 is 1.96 bits per heavy atom. The number of aliphatic hydroxyl groups is 1. The largest absolute Gasteiger partial charge is 0.345 e. The standard InChI is InChI=1S/C25H49N2O/c1-4-6-7-8-9-10-11-12-13-14-15-16-17-18-19-20-21-25-26-22-23-27(25,5-2)24(3)28/h9-10,22,24-25,28H,4-8,11-21,23H2,1-3H3/q+1/b10-9+. The maximum atomic E-state index is 10.2. The van der Waals surface area contributed by atoms with Crippen LogP contribution in [0.3, 0.4) is 0 Å². The van der Waals surface area contributed by atoms with Gasteiger partial charge in [-0.25, -0.2) is 4.99 Å². The zero-order valence-electron chi connectivity index (χ0n) is 19.2. The molecular weight excluding hydrogens is 344 g/mol. The van der Waals surface area contributed by atoms with E-state index in [1.807, 2.05) is 13.1 Å². The summed E-state index contributed by atoms with van der Waals surface area (Å²) in [4.78, 5) is 4.67. The number of rotatable bonds is 18. The lowest BCUT2D eigenvalue weighted by molar-refractivity contribution is -0.976. The Balaban J connectivity index is 1.90. The molecule has 3 heteroatoms. The van der Waals surface area contributed by atoms with Gasteiger partial charge in [-0.05, 0) is 39.0 Å². The molecule has 28 heavy (non-hydrogen) atoms. The molecule has 0 radical (unpaired) electrons. The summed E-state index contributed by atoms with van der Waals surface area (Å²) >= 11 is 0. The summed E-state index contributed by atoms with van der Waals surface area (Å²) in [6, 6.07) is 0. The highest BCUT2D eigenvalue weighted by Crippen LogP contribution is 2.26. The SMILES string of the molecule is CCCCC/C=C/CCCCCCCCCCCC1N=CC[N+]1(CC)C(C)O. The quantitative estimate of drug-likeness (QED) is 0.152. The third-order valence-electron chi connectivity index (χ3n) is 6.60. The summed E-state index contributed by atoms with van der Waals surface area (Å²) in [5.74, 6) is 0. The predicted octanol–water partition coefficient (Wildman–Crippen LogP) is 7.00. The van der Waals surface area contributed by atoms with Crippen LogP contribution in [-0.2, 0) is 0 Å². The highest BCUT2D eigenvalue weighted by molar-refractivity contribution is 5.60. The van der Waals surface area contributed by atoms with Gasteiger partial charge in [-0.15, -0.1) is 0 Å². The lowest BCUT2D eigenvalue weighted by Gasteiger charge is -2.40. The van der Waals surface area contributed by atoms with Crippen LogP contribution in [0, 0.1) is 0 Å². The Bertz CT molecular complexity index is 419. The third kappa shape index (κ3) is 9.69. The summed E-state index contributed by atoms with van der Waals surface area (Å²) in [5, 5.41) is 10.2. The smallest absolute Gasteiger partial charge is 0.189 e. The number of allylic oxidation sites excluding steroid dienone is 2. The Morgan fingerprint density at radius 2 is 1.43 bits per heavy atom. The van der Waals surface area contributed by atoms with E-state index >= 15 is 0 Å². The molecular formula is C25H49N2O+. The van der Waals surface area contributed by atoms with Gasteiger partial charge in [0.1, 0.15) is 6.54 Å². The monoisotopic (exact) mass is 393 g/mol. The first-order valence-electron chi connectivity index (χ1n) is 12.4. The van der Waals surface area contributed by atoms with Crippen LogP contribution in [0.25, 0.3) is 0 Å². The molecule has 164 valence electrons. The molecule has 0 aromatic rings. The predicted molar refractivity (Wildman–Crippen MR) is 124 cm³/mol. The first-order valence-corrected chi connectivity index (χ1v) is 12.4. The third-order valence-corrected chi connectivity index (χ3v) is 6.60. The second kappa shape index (κ2) is 16.2. The van der Waals surface area contributed by atoms with E-state index in [0.29, 0.717) is 0 Å². The van der Waals surface area contributed by atoms with Crippen LogP contribution in [0.1, 0.15) is 117 Å². The van der Waals surface area contributed by atoms with Gasteiger partial charge in [-0.2, -0.15) is 0 Å². The topological polar surface area (TPSA) is 32.6 Å². The summed E-state index contributed by atoms with van der Waals surface area (Å²) in [7, 11) is 0. The van der Waals surface area contributed by atoms with Gasteiger partial charge in [-0.1, -0.05) is 76.9 Å². The van der Waals surface area contributed by atoms with Gasteiger partial charge in [-0.3, -0.25) is 4.48 Å². The highest BCUT2D eigenvalue weighted by Gasteiger charge is 2.41. The maximum Gasteiger partial charge on any atom is 0.189 e.